The van der Waals surface area contributed by atoms with E-state index in [2.05, 4.69) is 26.6 Å². The summed E-state index contributed by atoms with van der Waals surface area (Å²) in [5.41, 5.74) is -0.535. The van der Waals surface area contributed by atoms with Gasteiger partial charge in [-0.25, -0.2) is 9.18 Å². The van der Waals surface area contributed by atoms with Gasteiger partial charge >= 0.3 is 6.03 Å². The van der Waals surface area contributed by atoms with E-state index in [4.69, 9.17) is 0 Å². The number of carbonyl (C=O) groups excluding carboxylic acids is 1. The van der Waals surface area contributed by atoms with Crippen LogP contribution in [0.5, 0.6) is 0 Å². The van der Waals surface area contributed by atoms with Gasteiger partial charge in [0.05, 0.1) is 17.8 Å². The van der Waals surface area contributed by atoms with Crippen LogP contribution in [0.3, 0.4) is 0 Å². The second-order valence-corrected chi connectivity index (χ2v) is 5.97. The van der Waals surface area contributed by atoms with Crippen molar-refractivity contribution in [1.29, 1.82) is 0 Å². The minimum Gasteiger partial charge on any atom is -0.394 e. The lowest BCUT2D eigenvalue weighted by Crippen LogP contribution is -2.52. The second-order valence-electron chi connectivity index (χ2n) is 5.05. The fourth-order valence-electron chi connectivity index (χ4n) is 1.99. The first-order valence-electron chi connectivity index (χ1n) is 6.10. The lowest BCUT2D eigenvalue weighted by atomic mass is 9.97. The molecular formula is C13H16BrFN2O2. The van der Waals surface area contributed by atoms with Gasteiger partial charge in [-0.1, -0.05) is 15.9 Å². The van der Waals surface area contributed by atoms with E-state index in [0.29, 0.717) is 4.47 Å². The molecule has 1 aromatic rings. The van der Waals surface area contributed by atoms with Crippen LogP contribution in [-0.4, -0.2) is 23.3 Å². The lowest BCUT2D eigenvalue weighted by molar-refractivity contribution is 0.159. The third kappa shape index (κ3) is 3.45. The Bertz CT molecular complexity index is 494. The molecule has 6 heteroatoms. The highest BCUT2D eigenvalue weighted by Gasteiger charge is 2.42. The largest absolute Gasteiger partial charge is 0.394 e. The van der Waals surface area contributed by atoms with Crippen LogP contribution < -0.4 is 10.6 Å². The molecule has 104 valence electrons. The summed E-state index contributed by atoms with van der Waals surface area (Å²) in [6, 6.07) is 3.89. The zero-order valence-corrected chi connectivity index (χ0v) is 12.1. The molecule has 19 heavy (non-hydrogen) atoms. The second kappa shape index (κ2) is 5.46. The van der Waals surface area contributed by atoms with Gasteiger partial charge in [-0.3, -0.25) is 0 Å². The Morgan fingerprint density at radius 1 is 1.58 bits per heavy atom. The highest BCUT2D eigenvalue weighted by molar-refractivity contribution is 9.10. The van der Waals surface area contributed by atoms with Crippen molar-refractivity contribution in [1.82, 2.24) is 5.32 Å². The molecule has 1 saturated carbocycles. The van der Waals surface area contributed by atoms with E-state index >= 15 is 0 Å². The summed E-state index contributed by atoms with van der Waals surface area (Å²) in [5.74, 6) is -0.223. The van der Waals surface area contributed by atoms with Crippen LogP contribution in [0.2, 0.25) is 0 Å². The molecule has 1 unspecified atom stereocenters. The van der Waals surface area contributed by atoms with Crippen LogP contribution >= 0.6 is 15.9 Å². The van der Waals surface area contributed by atoms with Gasteiger partial charge in [0.25, 0.3) is 0 Å². The van der Waals surface area contributed by atoms with Gasteiger partial charge in [-0.2, -0.15) is 0 Å². The molecule has 0 radical (unpaired) electrons. The molecule has 3 N–H and O–H groups in total. The standard InChI is InChI=1S/C13H16BrFN2O2/c1-13(7-18,8-2-3-8)17-12(19)16-11-5-4-9(14)6-10(11)15/h4-6,8,18H,2-3,7H2,1H3,(H2,16,17,19). The van der Waals surface area contributed by atoms with Crippen LogP contribution in [-0.2, 0) is 0 Å². The SMILES string of the molecule is CC(CO)(NC(=O)Nc1ccc(Br)cc1F)C1CC1. The molecule has 1 atom stereocenters. The average molecular weight is 331 g/mol. The van der Waals surface area contributed by atoms with Crippen molar-refractivity contribution in [3.8, 4) is 0 Å². The Hall–Kier alpha value is -1.14. The van der Waals surface area contributed by atoms with Crippen LogP contribution in [0, 0.1) is 11.7 Å². The van der Waals surface area contributed by atoms with Gasteiger partial charge in [0.2, 0.25) is 0 Å². The fraction of sp³-hybridized carbons (Fsp3) is 0.462. The predicted octanol–water partition coefficient (Wildman–Crippen LogP) is 2.87. The summed E-state index contributed by atoms with van der Waals surface area (Å²) in [5, 5.41) is 14.5. The molecule has 0 aromatic heterocycles. The fourth-order valence-corrected chi connectivity index (χ4v) is 2.33. The van der Waals surface area contributed by atoms with E-state index in [9.17, 15) is 14.3 Å². The van der Waals surface area contributed by atoms with Gasteiger partial charge in [-0.05, 0) is 43.9 Å². The van der Waals surface area contributed by atoms with Crippen molar-refractivity contribution in [2.45, 2.75) is 25.3 Å². The molecule has 0 aliphatic heterocycles. The number of anilines is 1. The summed E-state index contributed by atoms with van der Waals surface area (Å²) < 4.78 is 14.2. The minimum absolute atomic E-state index is 0.108. The van der Waals surface area contributed by atoms with Crippen molar-refractivity contribution < 1.29 is 14.3 Å². The minimum atomic E-state index is -0.643. The summed E-state index contributed by atoms with van der Waals surface area (Å²) in [6.45, 7) is 1.66. The maximum atomic E-state index is 13.6. The van der Waals surface area contributed by atoms with Crippen LogP contribution in [0.1, 0.15) is 19.8 Å². The van der Waals surface area contributed by atoms with E-state index in [1.54, 1.807) is 13.0 Å². The highest BCUT2D eigenvalue weighted by Crippen LogP contribution is 2.39. The molecule has 0 bridgehead atoms. The molecule has 2 rings (SSSR count). The van der Waals surface area contributed by atoms with Gasteiger partial charge in [-0.15, -0.1) is 0 Å². The first-order chi connectivity index (χ1) is 8.94. The molecule has 2 amide bonds. The number of urea groups is 1. The van der Waals surface area contributed by atoms with Crippen molar-refractivity contribution in [3.05, 3.63) is 28.5 Å². The number of hydrogen-bond acceptors (Lipinski definition) is 2. The van der Waals surface area contributed by atoms with Crippen molar-refractivity contribution in [2.24, 2.45) is 5.92 Å². The maximum absolute atomic E-state index is 13.6. The Morgan fingerprint density at radius 2 is 2.26 bits per heavy atom. The number of hydrogen-bond donors (Lipinski definition) is 3. The number of aliphatic hydroxyl groups is 1. The highest BCUT2D eigenvalue weighted by atomic mass is 79.9. The lowest BCUT2D eigenvalue weighted by Gasteiger charge is -2.28. The molecule has 1 aliphatic carbocycles. The van der Waals surface area contributed by atoms with Gasteiger partial charge in [0.1, 0.15) is 5.82 Å². The monoisotopic (exact) mass is 330 g/mol. The molecule has 0 spiro atoms. The molecule has 1 aliphatic rings. The zero-order chi connectivity index (χ0) is 14.0. The van der Waals surface area contributed by atoms with Gasteiger partial charge in [0, 0.05) is 4.47 Å². The topological polar surface area (TPSA) is 61.4 Å². The number of halogens is 2. The molecule has 1 fully saturated rings. The first-order valence-corrected chi connectivity index (χ1v) is 6.89. The first kappa shape index (κ1) is 14.3. The predicted molar refractivity (Wildman–Crippen MR) is 74.5 cm³/mol. The molecule has 0 heterocycles. The number of amides is 2. The Kier molecular flexibility index (Phi) is 4.10. The maximum Gasteiger partial charge on any atom is 0.319 e. The van der Waals surface area contributed by atoms with Gasteiger partial charge < -0.3 is 15.7 Å². The number of aliphatic hydroxyl groups excluding tert-OH is 1. The van der Waals surface area contributed by atoms with E-state index in [-0.39, 0.29) is 18.2 Å². The quantitative estimate of drug-likeness (QED) is 0.794. The molecule has 1 aromatic carbocycles. The summed E-state index contributed by atoms with van der Waals surface area (Å²) in [7, 11) is 0. The number of benzene rings is 1. The summed E-state index contributed by atoms with van der Waals surface area (Å²) in [6.07, 6.45) is 1.98. The normalized spacial score (nSPS) is 17.7. The van der Waals surface area contributed by atoms with Crippen LogP contribution in [0.25, 0.3) is 0 Å². The number of carbonyl (C=O) groups is 1. The Labute approximate surface area is 119 Å². The zero-order valence-electron chi connectivity index (χ0n) is 10.5. The van der Waals surface area contributed by atoms with Gasteiger partial charge in [0.15, 0.2) is 0 Å². The number of nitrogens with one attached hydrogen (secondary N) is 2. The molecule has 0 saturated heterocycles. The van der Waals surface area contributed by atoms with Crippen LogP contribution in [0.4, 0.5) is 14.9 Å². The van der Waals surface area contributed by atoms with Crippen molar-refractivity contribution >= 4 is 27.6 Å². The molecular weight excluding hydrogens is 315 g/mol. The Balaban J connectivity index is 2.00. The molecule has 4 nitrogen and oxygen atoms in total. The summed E-state index contributed by atoms with van der Waals surface area (Å²) in [4.78, 5) is 11.8. The van der Waals surface area contributed by atoms with Crippen LogP contribution in [0.15, 0.2) is 22.7 Å². The summed E-state index contributed by atoms with van der Waals surface area (Å²) >= 11 is 3.15. The van der Waals surface area contributed by atoms with E-state index < -0.39 is 17.4 Å². The van der Waals surface area contributed by atoms with E-state index in [1.165, 1.54) is 12.1 Å². The number of rotatable bonds is 4. The third-order valence-corrected chi connectivity index (χ3v) is 3.88. The van der Waals surface area contributed by atoms with Crippen molar-refractivity contribution in [2.75, 3.05) is 11.9 Å². The van der Waals surface area contributed by atoms with E-state index in [1.807, 2.05) is 0 Å². The van der Waals surface area contributed by atoms with E-state index in [0.717, 1.165) is 12.8 Å². The van der Waals surface area contributed by atoms with Crippen molar-refractivity contribution in [3.63, 3.8) is 0 Å². The Morgan fingerprint density at radius 3 is 2.79 bits per heavy atom. The third-order valence-electron chi connectivity index (χ3n) is 3.39. The average Bonchev–Trinajstić information content (AvgIpc) is 3.17. The smallest absolute Gasteiger partial charge is 0.319 e.